The molecule has 4 heterocycles. The fourth-order valence-corrected chi connectivity index (χ4v) is 5.44. The van der Waals surface area contributed by atoms with E-state index in [9.17, 15) is 4.79 Å². The number of carbonyl (C=O) groups is 1. The Morgan fingerprint density at radius 1 is 1.05 bits per heavy atom. The number of hydrogen-bond acceptors (Lipinski definition) is 7. The molecule has 0 radical (unpaired) electrons. The zero-order valence-corrected chi connectivity index (χ0v) is 23.0. The maximum Gasteiger partial charge on any atom is 0.243 e. The molecular weight excluding hydrogens is 514 g/mol. The van der Waals surface area contributed by atoms with E-state index in [1.165, 1.54) is 23.6 Å². The lowest BCUT2D eigenvalue weighted by Gasteiger charge is -2.35. The van der Waals surface area contributed by atoms with Crippen LogP contribution >= 0.6 is 0 Å². The Bertz CT molecular complexity index is 1700. The van der Waals surface area contributed by atoms with E-state index in [4.69, 9.17) is 15.7 Å². The van der Waals surface area contributed by atoms with Crippen LogP contribution in [0.3, 0.4) is 0 Å². The molecule has 1 aromatic carbocycles. The minimum atomic E-state index is -0.0652. The zero-order chi connectivity index (χ0) is 28.3. The highest BCUT2D eigenvalue weighted by molar-refractivity contribution is 5.87. The summed E-state index contributed by atoms with van der Waals surface area (Å²) in [5.74, 6) is 1.85. The number of carbonyl (C=O) groups excluding carboxylic acids is 1. The van der Waals surface area contributed by atoms with Gasteiger partial charge in [-0.1, -0.05) is 12.6 Å². The van der Waals surface area contributed by atoms with Crippen LogP contribution in [0.1, 0.15) is 30.4 Å². The van der Waals surface area contributed by atoms with Gasteiger partial charge in [0.05, 0.1) is 5.56 Å². The van der Waals surface area contributed by atoms with Crippen molar-refractivity contribution in [3.63, 3.8) is 0 Å². The van der Waals surface area contributed by atoms with E-state index in [0.29, 0.717) is 17.9 Å². The summed E-state index contributed by atoms with van der Waals surface area (Å²) in [6, 6.07) is 17.2. The van der Waals surface area contributed by atoms with E-state index >= 15 is 0 Å². The van der Waals surface area contributed by atoms with E-state index in [-0.39, 0.29) is 5.91 Å². The monoisotopic (exact) mass is 547 g/mol. The van der Waals surface area contributed by atoms with Gasteiger partial charge in [0.15, 0.2) is 17.3 Å². The SMILES string of the molecule is C=CC(=O)NC1CC(NC)C1.Nc1ncccc1-c1nc2ccc(-n3cccn3)nc2n1-c1ccc2c(c1)CCC2. The number of aromatic nitrogens is 6. The summed E-state index contributed by atoms with van der Waals surface area (Å²) < 4.78 is 3.83. The Hall–Kier alpha value is -4.83. The molecule has 0 unspecified atom stereocenters. The van der Waals surface area contributed by atoms with Gasteiger partial charge in [-0.25, -0.2) is 19.6 Å². The van der Waals surface area contributed by atoms with Crippen LogP contribution in [0.2, 0.25) is 0 Å². The van der Waals surface area contributed by atoms with Crippen molar-refractivity contribution in [1.82, 2.24) is 39.9 Å². The quantitative estimate of drug-likeness (QED) is 0.276. The fraction of sp³-hybridized carbons (Fsp3) is 0.258. The number of rotatable bonds is 6. The highest BCUT2D eigenvalue weighted by Crippen LogP contribution is 2.32. The molecule has 2 aliphatic rings. The molecule has 41 heavy (non-hydrogen) atoms. The number of fused-ring (bicyclic) bond motifs is 2. The average Bonchev–Trinajstić information content (AvgIpc) is 3.74. The molecule has 0 bridgehead atoms. The fourth-order valence-electron chi connectivity index (χ4n) is 5.44. The van der Waals surface area contributed by atoms with Crippen LogP contribution in [0.15, 0.2) is 79.8 Å². The minimum absolute atomic E-state index is 0.0652. The highest BCUT2D eigenvalue weighted by Gasteiger charge is 2.28. The molecule has 1 fully saturated rings. The van der Waals surface area contributed by atoms with Crippen LogP contribution in [-0.4, -0.2) is 54.3 Å². The molecule has 10 nitrogen and oxygen atoms in total. The van der Waals surface area contributed by atoms with Crippen LogP contribution in [0.25, 0.3) is 34.1 Å². The van der Waals surface area contributed by atoms with Crippen molar-refractivity contribution >= 4 is 22.9 Å². The highest BCUT2D eigenvalue weighted by atomic mass is 16.1. The maximum atomic E-state index is 10.8. The third-order valence-corrected chi connectivity index (χ3v) is 7.73. The van der Waals surface area contributed by atoms with E-state index < -0.39 is 0 Å². The van der Waals surface area contributed by atoms with Crippen molar-refractivity contribution < 1.29 is 4.79 Å². The summed E-state index contributed by atoms with van der Waals surface area (Å²) in [4.78, 5) is 24.8. The van der Waals surface area contributed by atoms with Crippen molar-refractivity contribution in [1.29, 1.82) is 0 Å². The second-order valence-electron chi connectivity index (χ2n) is 10.3. The summed E-state index contributed by atoms with van der Waals surface area (Å²) in [5, 5.41) is 10.3. The number of benzene rings is 1. The molecule has 1 saturated carbocycles. The number of aryl methyl sites for hydroxylation is 2. The smallest absolute Gasteiger partial charge is 0.243 e. The van der Waals surface area contributed by atoms with Gasteiger partial charge in [-0.2, -0.15) is 5.10 Å². The third-order valence-electron chi connectivity index (χ3n) is 7.73. The average molecular weight is 548 g/mol. The second-order valence-corrected chi connectivity index (χ2v) is 10.3. The molecule has 0 saturated heterocycles. The Kier molecular flexibility index (Phi) is 7.30. The molecule has 0 atom stereocenters. The molecule has 0 spiro atoms. The summed E-state index contributed by atoms with van der Waals surface area (Å²) in [6.07, 6.45) is 12.1. The van der Waals surface area contributed by atoms with E-state index in [0.717, 1.165) is 59.7 Å². The number of nitrogens with one attached hydrogen (secondary N) is 2. The van der Waals surface area contributed by atoms with Crippen molar-refractivity contribution in [2.24, 2.45) is 0 Å². The molecule has 5 aromatic rings. The van der Waals surface area contributed by atoms with Gasteiger partial charge < -0.3 is 16.4 Å². The predicted octanol–water partition coefficient (Wildman–Crippen LogP) is 3.78. The summed E-state index contributed by atoms with van der Waals surface area (Å²) >= 11 is 0. The van der Waals surface area contributed by atoms with E-state index in [1.54, 1.807) is 17.1 Å². The zero-order valence-electron chi connectivity index (χ0n) is 23.0. The van der Waals surface area contributed by atoms with Crippen LogP contribution in [-0.2, 0) is 17.6 Å². The van der Waals surface area contributed by atoms with Crippen LogP contribution < -0.4 is 16.4 Å². The number of nitrogen functional groups attached to an aromatic ring is 1. The van der Waals surface area contributed by atoms with Gasteiger partial charge >= 0.3 is 0 Å². The Morgan fingerprint density at radius 2 is 1.90 bits per heavy atom. The maximum absolute atomic E-state index is 10.8. The Balaban J connectivity index is 0.000000233. The lowest BCUT2D eigenvalue weighted by atomic mass is 9.87. The standard InChI is InChI=1S/C23H19N7.C8H14N2O/c24-21-18(6-2-11-25-21)22-27-19-9-10-20(29-13-3-12-26-29)28-23(19)30(22)17-8-7-15-4-1-5-16(15)14-17;1-3-8(11)10-7-4-6(5-7)9-2/h2-3,6-14H,1,4-5H2,(H2,24,25);3,6-7,9H,1,4-5H2,2H3,(H,10,11). The van der Waals surface area contributed by atoms with Crippen LogP contribution in [0.4, 0.5) is 5.82 Å². The molecule has 4 N–H and O–H groups in total. The Morgan fingerprint density at radius 3 is 2.66 bits per heavy atom. The van der Waals surface area contributed by atoms with E-state index in [2.05, 4.69) is 50.1 Å². The largest absolute Gasteiger partial charge is 0.383 e. The van der Waals surface area contributed by atoms with Crippen LogP contribution in [0, 0.1) is 0 Å². The minimum Gasteiger partial charge on any atom is -0.383 e. The summed E-state index contributed by atoms with van der Waals surface area (Å²) in [5.41, 5.74) is 12.4. The van der Waals surface area contributed by atoms with Gasteiger partial charge in [0.25, 0.3) is 0 Å². The van der Waals surface area contributed by atoms with Crippen molar-refractivity contribution in [2.45, 2.75) is 44.2 Å². The first-order valence-corrected chi connectivity index (χ1v) is 13.9. The first-order valence-electron chi connectivity index (χ1n) is 13.9. The van der Waals surface area contributed by atoms with Crippen molar-refractivity contribution in [3.05, 3.63) is 90.9 Å². The normalized spacial score (nSPS) is 17.3. The molecule has 7 rings (SSSR count). The van der Waals surface area contributed by atoms with Gasteiger partial charge in [-0.05, 0) is 98.8 Å². The molecule has 10 heteroatoms. The summed E-state index contributed by atoms with van der Waals surface area (Å²) in [6.45, 7) is 3.38. The van der Waals surface area contributed by atoms with Crippen molar-refractivity contribution in [3.8, 4) is 22.9 Å². The Labute approximate surface area is 238 Å². The molecule has 208 valence electrons. The topological polar surface area (TPSA) is 129 Å². The van der Waals surface area contributed by atoms with Gasteiger partial charge in [0.2, 0.25) is 5.91 Å². The van der Waals surface area contributed by atoms with Gasteiger partial charge in [-0.3, -0.25) is 9.36 Å². The molecule has 2 aliphatic carbocycles. The number of anilines is 1. The lowest BCUT2D eigenvalue weighted by molar-refractivity contribution is -0.117. The number of nitrogens with zero attached hydrogens (tertiary/aromatic N) is 6. The summed E-state index contributed by atoms with van der Waals surface area (Å²) in [7, 11) is 1.94. The number of hydrogen-bond donors (Lipinski definition) is 3. The van der Waals surface area contributed by atoms with Gasteiger partial charge in [0.1, 0.15) is 11.3 Å². The van der Waals surface area contributed by atoms with Gasteiger partial charge in [0, 0.05) is 36.4 Å². The molecular formula is C31H33N9O. The van der Waals surface area contributed by atoms with Gasteiger partial charge in [-0.15, -0.1) is 0 Å². The first kappa shape index (κ1) is 26.4. The third kappa shape index (κ3) is 5.33. The van der Waals surface area contributed by atoms with E-state index in [1.807, 2.05) is 43.6 Å². The second kappa shape index (κ2) is 11.3. The first-order chi connectivity index (χ1) is 20.0. The molecule has 0 aliphatic heterocycles. The number of pyridine rings is 2. The molecule has 1 amide bonds. The number of nitrogens with two attached hydrogens (primary N) is 1. The number of amides is 1. The number of imidazole rings is 1. The van der Waals surface area contributed by atoms with Crippen LogP contribution in [0.5, 0.6) is 0 Å². The lowest BCUT2D eigenvalue weighted by Crippen LogP contribution is -2.51. The van der Waals surface area contributed by atoms with Crippen molar-refractivity contribution in [2.75, 3.05) is 12.8 Å². The predicted molar refractivity (Wildman–Crippen MR) is 160 cm³/mol. The molecule has 4 aromatic heterocycles.